The van der Waals surface area contributed by atoms with Gasteiger partial charge < -0.3 is 20.4 Å². The second-order valence-electron chi connectivity index (χ2n) is 6.23. The van der Waals surface area contributed by atoms with E-state index in [0.717, 1.165) is 16.8 Å². The molecule has 1 aromatic heterocycles. The van der Waals surface area contributed by atoms with Gasteiger partial charge in [-0.2, -0.15) is 0 Å². The van der Waals surface area contributed by atoms with Crippen molar-refractivity contribution in [2.45, 2.75) is 13.8 Å². The van der Waals surface area contributed by atoms with Gasteiger partial charge in [0.05, 0.1) is 12.8 Å². The Morgan fingerprint density at radius 1 is 0.926 bits per heavy atom. The Morgan fingerprint density at radius 3 is 2.44 bits per heavy atom. The molecule has 0 saturated carbocycles. The molecule has 6 nitrogen and oxygen atoms in total. The predicted molar refractivity (Wildman–Crippen MR) is 106 cm³/mol. The molecule has 2 amide bonds. The first-order valence-corrected chi connectivity index (χ1v) is 8.57. The monoisotopic (exact) mass is 363 g/mol. The van der Waals surface area contributed by atoms with Crippen LogP contribution in [0.3, 0.4) is 0 Å². The second kappa shape index (κ2) is 8.23. The van der Waals surface area contributed by atoms with E-state index in [9.17, 15) is 9.59 Å². The van der Waals surface area contributed by atoms with Crippen molar-refractivity contribution in [2.24, 2.45) is 0 Å². The van der Waals surface area contributed by atoms with E-state index in [1.54, 1.807) is 36.4 Å². The lowest BCUT2D eigenvalue weighted by molar-refractivity contribution is -0.114. The third-order valence-electron chi connectivity index (χ3n) is 3.98. The second-order valence-corrected chi connectivity index (χ2v) is 6.23. The Morgan fingerprint density at radius 2 is 1.70 bits per heavy atom. The molecule has 0 spiro atoms. The summed E-state index contributed by atoms with van der Waals surface area (Å²) < 4.78 is 5.06. The molecule has 0 bridgehead atoms. The molecule has 0 aliphatic rings. The molecule has 0 atom stereocenters. The van der Waals surface area contributed by atoms with E-state index >= 15 is 0 Å². The number of hydrogen-bond donors (Lipinski definition) is 3. The molecular weight excluding hydrogens is 342 g/mol. The van der Waals surface area contributed by atoms with Gasteiger partial charge in [0.25, 0.3) is 5.91 Å². The van der Waals surface area contributed by atoms with Crippen molar-refractivity contribution >= 4 is 28.9 Å². The molecule has 6 heteroatoms. The molecule has 2 aromatic carbocycles. The third kappa shape index (κ3) is 4.98. The van der Waals surface area contributed by atoms with Crippen LogP contribution in [-0.4, -0.2) is 18.4 Å². The molecule has 3 N–H and O–H groups in total. The number of hydrogen-bond acceptors (Lipinski definition) is 4. The van der Waals surface area contributed by atoms with Gasteiger partial charge in [0.2, 0.25) is 5.91 Å². The summed E-state index contributed by atoms with van der Waals surface area (Å²) in [4.78, 5) is 24.3. The maximum atomic E-state index is 12.2. The highest BCUT2D eigenvalue weighted by Crippen LogP contribution is 2.18. The zero-order valence-electron chi connectivity index (χ0n) is 15.2. The largest absolute Gasteiger partial charge is 0.459 e. The Bertz CT molecular complexity index is 949. The molecule has 138 valence electrons. The summed E-state index contributed by atoms with van der Waals surface area (Å²) in [5, 5.41) is 8.69. The van der Waals surface area contributed by atoms with Crippen molar-refractivity contribution in [3.8, 4) is 0 Å². The van der Waals surface area contributed by atoms with Gasteiger partial charge in [0, 0.05) is 17.1 Å². The topological polar surface area (TPSA) is 83.4 Å². The minimum atomic E-state index is -0.347. The van der Waals surface area contributed by atoms with E-state index in [2.05, 4.69) is 16.0 Å². The lowest BCUT2D eigenvalue weighted by Crippen LogP contribution is -2.22. The molecular formula is C21H21N3O3. The molecule has 0 saturated heterocycles. The van der Waals surface area contributed by atoms with Crippen LogP contribution in [0.15, 0.2) is 65.3 Å². The number of rotatable bonds is 6. The normalized spacial score (nSPS) is 10.3. The first-order valence-electron chi connectivity index (χ1n) is 8.57. The summed E-state index contributed by atoms with van der Waals surface area (Å²) in [7, 11) is 0. The number of nitrogens with one attached hydrogen (secondary N) is 3. The highest BCUT2D eigenvalue weighted by Gasteiger charge is 2.09. The van der Waals surface area contributed by atoms with Crippen molar-refractivity contribution in [2.75, 3.05) is 22.5 Å². The fourth-order valence-corrected chi connectivity index (χ4v) is 2.58. The maximum absolute atomic E-state index is 12.2. The Balaban J connectivity index is 1.58. The molecule has 0 aliphatic heterocycles. The van der Waals surface area contributed by atoms with Crippen LogP contribution >= 0.6 is 0 Å². The summed E-state index contributed by atoms with van der Waals surface area (Å²) in [5.74, 6) is -0.298. The van der Waals surface area contributed by atoms with Gasteiger partial charge in [-0.05, 0) is 61.4 Å². The van der Waals surface area contributed by atoms with Gasteiger partial charge in [-0.1, -0.05) is 18.2 Å². The van der Waals surface area contributed by atoms with Gasteiger partial charge in [-0.15, -0.1) is 0 Å². The Labute approximate surface area is 157 Å². The first-order chi connectivity index (χ1) is 13.0. The summed E-state index contributed by atoms with van der Waals surface area (Å²) in [6.45, 7) is 4.14. The predicted octanol–water partition coefficient (Wildman–Crippen LogP) is 4.20. The van der Waals surface area contributed by atoms with Crippen molar-refractivity contribution < 1.29 is 14.0 Å². The van der Waals surface area contributed by atoms with Gasteiger partial charge in [-0.3, -0.25) is 9.59 Å². The summed E-state index contributed by atoms with van der Waals surface area (Å²) in [5.41, 5.74) is 4.31. The van der Waals surface area contributed by atoms with Crippen LogP contribution < -0.4 is 16.0 Å². The highest BCUT2D eigenvalue weighted by molar-refractivity contribution is 6.02. The third-order valence-corrected chi connectivity index (χ3v) is 3.98. The highest BCUT2D eigenvalue weighted by atomic mass is 16.3. The Hall–Kier alpha value is -3.54. The van der Waals surface area contributed by atoms with Crippen molar-refractivity contribution in [3.05, 3.63) is 77.7 Å². The van der Waals surface area contributed by atoms with Crippen LogP contribution in [0.2, 0.25) is 0 Å². The molecule has 0 unspecified atom stereocenters. The van der Waals surface area contributed by atoms with E-state index in [4.69, 9.17) is 4.42 Å². The summed E-state index contributed by atoms with van der Waals surface area (Å²) in [6.07, 6.45) is 1.44. The average Bonchev–Trinajstić information content (AvgIpc) is 3.18. The van der Waals surface area contributed by atoms with Gasteiger partial charge in [0.1, 0.15) is 0 Å². The fourth-order valence-electron chi connectivity index (χ4n) is 2.58. The van der Waals surface area contributed by atoms with Crippen molar-refractivity contribution in [1.29, 1.82) is 0 Å². The Kier molecular flexibility index (Phi) is 5.56. The van der Waals surface area contributed by atoms with Gasteiger partial charge in [-0.25, -0.2) is 0 Å². The molecule has 0 radical (unpaired) electrons. The van der Waals surface area contributed by atoms with Crippen LogP contribution in [0.25, 0.3) is 0 Å². The zero-order chi connectivity index (χ0) is 19.2. The molecule has 3 rings (SSSR count). The fraction of sp³-hybridized carbons (Fsp3) is 0.143. The number of benzene rings is 2. The molecule has 1 heterocycles. The SMILES string of the molecule is Cc1ccc(C)c(NCC(=O)Nc2cccc(NC(=O)c3ccco3)c2)c1. The smallest absolute Gasteiger partial charge is 0.291 e. The minimum absolute atomic E-state index is 0.146. The molecule has 3 aromatic rings. The first kappa shape index (κ1) is 18.3. The van der Waals surface area contributed by atoms with Crippen LogP contribution in [0.5, 0.6) is 0 Å². The lowest BCUT2D eigenvalue weighted by atomic mass is 10.1. The van der Waals surface area contributed by atoms with Crippen LogP contribution in [0.4, 0.5) is 17.1 Å². The summed E-state index contributed by atoms with van der Waals surface area (Å²) in [6, 6.07) is 16.2. The van der Waals surface area contributed by atoms with E-state index in [0.29, 0.717) is 11.4 Å². The van der Waals surface area contributed by atoms with E-state index in [1.807, 2.05) is 32.0 Å². The number of anilines is 3. The number of aryl methyl sites for hydroxylation is 2. The molecule has 27 heavy (non-hydrogen) atoms. The number of carbonyl (C=O) groups is 2. The number of amides is 2. The summed E-state index contributed by atoms with van der Waals surface area (Å²) >= 11 is 0. The van der Waals surface area contributed by atoms with Crippen LogP contribution in [-0.2, 0) is 4.79 Å². The zero-order valence-corrected chi connectivity index (χ0v) is 15.2. The molecule has 0 fully saturated rings. The van der Waals surface area contributed by atoms with E-state index < -0.39 is 0 Å². The molecule has 0 aliphatic carbocycles. The number of carbonyl (C=O) groups excluding carboxylic acids is 2. The van der Waals surface area contributed by atoms with Crippen molar-refractivity contribution in [1.82, 2.24) is 0 Å². The van der Waals surface area contributed by atoms with Gasteiger partial charge >= 0.3 is 0 Å². The van der Waals surface area contributed by atoms with Crippen LogP contribution in [0.1, 0.15) is 21.7 Å². The average molecular weight is 363 g/mol. The quantitative estimate of drug-likeness (QED) is 0.613. The standard InChI is InChI=1S/C21H21N3O3/c1-14-8-9-15(2)18(11-14)22-13-20(25)23-16-5-3-6-17(12-16)24-21(26)19-7-4-10-27-19/h3-12,22H,13H2,1-2H3,(H,23,25)(H,24,26). The van der Waals surface area contributed by atoms with Gasteiger partial charge in [0.15, 0.2) is 5.76 Å². The maximum Gasteiger partial charge on any atom is 0.291 e. The van der Waals surface area contributed by atoms with E-state index in [1.165, 1.54) is 6.26 Å². The van der Waals surface area contributed by atoms with Crippen LogP contribution in [0, 0.1) is 13.8 Å². The lowest BCUT2D eigenvalue weighted by Gasteiger charge is -2.11. The number of furan rings is 1. The minimum Gasteiger partial charge on any atom is -0.459 e. The van der Waals surface area contributed by atoms with Crippen molar-refractivity contribution in [3.63, 3.8) is 0 Å². The van der Waals surface area contributed by atoms with E-state index in [-0.39, 0.29) is 24.1 Å².